The van der Waals surface area contributed by atoms with Gasteiger partial charge in [0.2, 0.25) is 0 Å². The van der Waals surface area contributed by atoms with Crippen molar-refractivity contribution in [2.75, 3.05) is 0 Å². The average molecular weight is 233 g/mol. The highest BCUT2D eigenvalue weighted by Gasteiger charge is 1.96. The Balaban J connectivity index is 2.32. The average Bonchev–Trinajstić information content (AvgIpc) is 2.37. The quantitative estimate of drug-likeness (QED) is 0.577. The molecule has 0 N–H and O–H groups in total. The van der Waals surface area contributed by atoms with Gasteiger partial charge in [0.25, 0.3) is 0 Å². The third-order valence-corrected chi connectivity index (χ3v) is 3.12. The number of hydrogen-bond donors (Lipinski definition) is 0. The molecule has 1 nitrogen and oxygen atoms in total. The lowest BCUT2D eigenvalue weighted by atomic mass is 10.2. The van der Waals surface area contributed by atoms with Gasteiger partial charge in [-0.3, -0.25) is 0 Å². The second-order valence-corrected chi connectivity index (χ2v) is 4.20. The largest absolute Gasteiger partial charge is 0.303 e. The van der Waals surface area contributed by atoms with Crippen LogP contribution in [0.5, 0.6) is 0 Å². The topological polar surface area (TPSA) is 17.1 Å². The van der Waals surface area contributed by atoms with Gasteiger partial charge in [0.05, 0.1) is 0 Å². The van der Waals surface area contributed by atoms with Crippen LogP contribution in [0.3, 0.4) is 0 Å². The highest BCUT2D eigenvalue weighted by atomic mass is 79.9. The van der Waals surface area contributed by atoms with E-state index < -0.39 is 0 Å². The zero-order chi connectivity index (χ0) is 8.10. The maximum absolute atomic E-state index is 9.99. The summed E-state index contributed by atoms with van der Waals surface area (Å²) in [5.41, 5.74) is 0. The van der Waals surface area contributed by atoms with Crippen LogP contribution in [-0.2, 0) is 11.2 Å². The SMILES string of the molecule is O=CCCCc1cc(Br)cs1. The molecule has 11 heavy (non-hydrogen) atoms. The summed E-state index contributed by atoms with van der Waals surface area (Å²) in [6.45, 7) is 0. The molecule has 1 heterocycles. The number of unbranched alkanes of at least 4 members (excludes halogenated alkanes) is 1. The summed E-state index contributed by atoms with van der Waals surface area (Å²) >= 11 is 5.12. The first-order chi connectivity index (χ1) is 5.33. The van der Waals surface area contributed by atoms with Crippen LogP contribution in [0.15, 0.2) is 15.9 Å². The van der Waals surface area contributed by atoms with Crippen molar-refractivity contribution in [2.24, 2.45) is 0 Å². The molecule has 0 spiro atoms. The third kappa shape index (κ3) is 3.16. The lowest BCUT2D eigenvalue weighted by Crippen LogP contribution is -1.80. The number of halogens is 1. The zero-order valence-electron chi connectivity index (χ0n) is 6.05. The van der Waals surface area contributed by atoms with Crippen LogP contribution in [-0.4, -0.2) is 6.29 Å². The zero-order valence-corrected chi connectivity index (χ0v) is 8.45. The molecule has 0 aromatic carbocycles. The summed E-state index contributed by atoms with van der Waals surface area (Å²) in [4.78, 5) is 11.3. The Morgan fingerprint density at radius 3 is 3.00 bits per heavy atom. The minimum absolute atomic E-state index is 0.676. The van der Waals surface area contributed by atoms with Gasteiger partial charge >= 0.3 is 0 Å². The third-order valence-electron chi connectivity index (χ3n) is 1.37. The fraction of sp³-hybridized carbons (Fsp3) is 0.375. The molecule has 0 bridgehead atoms. The van der Waals surface area contributed by atoms with E-state index in [1.807, 2.05) is 0 Å². The van der Waals surface area contributed by atoms with E-state index in [0.717, 1.165) is 23.6 Å². The van der Waals surface area contributed by atoms with Crippen molar-refractivity contribution >= 4 is 33.6 Å². The Hall–Kier alpha value is -0.150. The van der Waals surface area contributed by atoms with E-state index in [1.54, 1.807) is 11.3 Å². The molecule has 0 fully saturated rings. The Bertz CT molecular complexity index is 232. The van der Waals surface area contributed by atoms with Gasteiger partial charge in [0.15, 0.2) is 0 Å². The summed E-state index contributed by atoms with van der Waals surface area (Å²) in [5.74, 6) is 0. The number of carbonyl (C=O) groups excluding carboxylic acids is 1. The van der Waals surface area contributed by atoms with Crippen molar-refractivity contribution < 1.29 is 4.79 Å². The summed E-state index contributed by atoms with van der Waals surface area (Å²) in [5, 5.41) is 2.07. The van der Waals surface area contributed by atoms with Crippen LogP contribution in [0.1, 0.15) is 17.7 Å². The second-order valence-electron chi connectivity index (χ2n) is 2.29. The minimum atomic E-state index is 0.676. The van der Waals surface area contributed by atoms with Gasteiger partial charge in [0.1, 0.15) is 6.29 Å². The van der Waals surface area contributed by atoms with E-state index in [-0.39, 0.29) is 0 Å². The van der Waals surface area contributed by atoms with E-state index in [1.165, 1.54) is 4.88 Å². The Kier molecular flexibility index (Phi) is 3.80. The van der Waals surface area contributed by atoms with Gasteiger partial charge in [-0.25, -0.2) is 0 Å². The fourth-order valence-corrected chi connectivity index (χ4v) is 2.34. The van der Waals surface area contributed by atoms with Crippen molar-refractivity contribution in [3.05, 3.63) is 20.8 Å². The summed E-state index contributed by atoms with van der Waals surface area (Å²) in [6, 6.07) is 2.11. The molecular formula is C8H9BrOS. The highest BCUT2D eigenvalue weighted by molar-refractivity contribution is 9.10. The van der Waals surface area contributed by atoms with Crippen molar-refractivity contribution in [2.45, 2.75) is 19.3 Å². The molecule has 0 amide bonds. The lowest BCUT2D eigenvalue weighted by Gasteiger charge is -1.90. The number of rotatable bonds is 4. The first-order valence-electron chi connectivity index (χ1n) is 3.49. The van der Waals surface area contributed by atoms with Crippen LogP contribution >= 0.6 is 27.3 Å². The number of hydrogen-bond acceptors (Lipinski definition) is 2. The number of carbonyl (C=O) groups is 1. The van der Waals surface area contributed by atoms with Crippen LogP contribution < -0.4 is 0 Å². The molecule has 1 aromatic heterocycles. The van der Waals surface area contributed by atoms with E-state index in [0.29, 0.717) is 6.42 Å². The molecule has 0 aliphatic carbocycles. The molecule has 0 atom stereocenters. The predicted octanol–water partition coefficient (Wildman–Crippen LogP) is 3.03. The maximum atomic E-state index is 9.99. The number of thiophene rings is 1. The first-order valence-corrected chi connectivity index (χ1v) is 5.16. The van der Waals surface area contributed by atoms with Gasteiger partial charge in [-0.2, -0.15) is 0 Å². The van der Waals surface area contributed by atoms with Crippen LogP contribution in [0.2, 0.25) is 0 Å². The van der Waals surface area contributed by atoms with Gasteiger partial charge in [-0.15, -0.1) is 11.3 Å². The number of aryl methyl sites for hydroxylation is 1. The van der Waals surface area contributed by atoms with Gasteiger partial charge in [-0.05, 0) is 34.8 Å². The van der Waals surface area contributed by atoms with Crippen molar-refractivity contribution in [1.82, 2.24) is 0 Å². The summed E-state index contributed by atoms with van der Waals surface area (Å²) < 4.78 is 1.14. The van der Waals surface area contributed by atoms with E-state index in [9.17, 15) is 4.79 Å². The first kappa shape index (κ1) is 8.94. The standard InChI is InChI=1S/C8H9BrOS/c9-7-5-8(11-6-7)3-1-2-4-10/h4-6H,1-3H2. The molecule has 0 saturated carbocycles. The minimum Gasteiger partial charge on any atom is -0.303 e. The van der Waals surface area contributed by atoms with Crippen molar-refractivity contribution in [1.29, 1.82) is 0 Å². The van der Waals surface area contributed by atoms with Gasteiger partial charge in [-0.1, -0.05) is 0 Å². The lowest BCUT2D eigenvalue weighted by molar-refractivity contribution is -0.107. The van der Waals surface area contributed by atoms with E-state index in [2.05, 4.69) is 27.4 Å². The van der Waals surface area contributed by atoms with E-state index >= 15 is 0 Å². The predicted molar refractivity (Wildman–Crippen MR) is 51.0 cm³/mol. The molecule has 1 rings (SSSR count). The Morgan fingerprint density at radius 1 is 1.64 bits per heavy atom. The smallest absolute Gasteiger partial charge is 0.120 e. The van der Waals surface area contributed by atoms with Crippen LogP contribution in [0.4, 0.5) is 0 Å². The molecule has 0 aliphatic heterocycles. The number of aldehydes is 1. The Morgan fingerprint density at radius 2 is 2.45 bits per heavy atom. The molecule has 60 valence electrons. The fourth-order valence-electron chi connectivity index (χ4n) is 0.845. The molecule has 1 aromatic rings. The van der Waals surface area contributed by atoms with Gasteiger partial charge < -0.3 is 4.79 Å². The molecule has 0 unspecified atom stereocenters. The molecular weight excluding hydrogens is 224 g/mol. The molecule has 0 saturated heterocycles. The summed E-state index contributed by atoms with van der Waals surface area (Å²) in [7, 11) is 0. The highest BCUT2D eigenvalue weighted by Crippen LogP contribution is 2.20. The van der Waals surface area contributed by atoms with E-state index in [4.69, 9.17) is 0 Å². The summed E-state index contributed by atoms with van der Waals surface area (Å²) in [6.07, 6.45) is 3.64. The molecule has 0 radical (unpaired) electrons. The van der Waals surface area contributed by atoms with Crippen LogP contribution in [0, 0.1) is 0 Å². The second kappa shape index (κ2) is 4.67. The van der Waals surface area contributed by atoms with Gasteiger partial charge in [0, 0.05) is 21.2 Å². The normalized spacial score (nSPS) is 9.91. The van der Waals surface area contributed by atoms with Crippen LogP contribution in [0.25, 0.3) is 0 Å². The monoisotopic (exact) mass is 232 g/mol. The maximum Gasteiger partial charge on any atom is 0.120 e. The van der Waals surface area contributed by atoms with Crippen molar-refractivity contribution in [3.63, 3.8) is 0 Å². The Labute approximate surface area is 78.6 Å². The van der Waals surface area contributed by atoms with Crippen molar-refractivity contribution in [3.8, 4) is 0 Å². The molecule has 3 heteroatoms. The molecule has 0 aliphatic rings.